The van der Waals surface area contributed by atoms with Crippen molar-refractivity contribution in [1.82, 2.24) is 0 Å². The van der Waals surface area contributed by atoms with Gasteiger partial charge < -0.3 is 5.11 Å². The molecule has 0 aliphatic rings. The number of halogens is 3. The van der Waals surface area contributed by atoms with Crippen LogP contribution >= 0.6 is 47.8 Å². The van der Waals surface area contributed by atoms with Gasteiger partial charge in [0.25, 0.3) is 0 Å². The Morgan fingerprint density at radius 1 is 1.00 bits per heavy atom. The molecule has 1 N–H and O–H groups in total. The van der Waals surface area contributed by atoms with Crippen LogP contribution in [0.4, 0.5) is 0 Å². The fraction of sp³-hybridized carbons (Fsp3) is 0. The zero-order valence-electron chi connectivity index (χ0n) is 4.74. The first kappa shape index (κ1) is 12.5. The van der Waals surface area contributed by atoms with E-state index in [2.05, 4.69) is 47.8 Å². The first-order chi connectivity index (χ1) is 4.61. The van der Waals surface area contributed by atoms with Crippen molar-refractivity contribution < 1.29 is 5.11 Å². The minimum absolute atomic E-state index is 0. The van der Waals surface area contributed by atoms with Crippen LogP contribution in [0.25, 0.3) is 0 Å². The van der Waals surface area contributed by atoms with E-state index in [1.165, 1.54) is 0 Å². The van der Waals surface area contributed by atoms with E-state index in [0.29, 0.717) is 8.95 Å². The number of phenols is 1. The number of rotatable bonds is 0. The van der Waals surface area contributed by atoms with Crippen molar-refractivity contribution in [2.24, 2.45) is 0 Å². The summed E-state index contributed by atoms with van der Waals surface area (Å²) in [6, 6.07) is 3.56. The number of hydrogen-bond acceptors (Lipinski definition) is 1. The number of phenolic OH excluding ortho intramolecular Hbond substituents is 1. The van der Waals surface area contributed by atoms with Crippen LogP contribution in [0.5, 0.6) is 5.75 Å². The Labute approximate surface area is 112 Å². The summed E-state index contributed by atoms with van der Waals surface area (Å²) in [5.41, 5.74) is 0. The monoisotopic (exact) mass is 352 g/mol. The van der Waals surface area contributed by atoms with Crippen LogP contribution in [0.1, 0.15) is 0 Å². The van der Waals surface area contributed by atoms with Gasteiger partial charge in [-0.3, -0.25) is 0 Å². The van der Waals surface area contributed by atoms with Crippen molar-refractivity contribution >= 4 is 77.3 Å². The molecule has 0 amide bonds. The third-order valence-electron chi connectivity index (χ3n) is 0.982. The van der Waals surface area contributed by atoms with Gasteiger partial charge in [0.1, 0.15) is 5.75 Å². The van der Waals surface area contributed by atoms with E-state index < -0.39 is 0 Å². The van der Waals surface area contributed by atoms with Gasteiger partial charge in [0.2, 0.25) is 0 Å². The molecule has 0 aliphatic carbocycles. The number of aromatic hydroxyl groups is 1. The summed E-state index contributed by atoms with van der Waals surface area (Å²) >= 11 is 9.65. The normalized spacial score (nSPS) is 9.00. The quantitative estimate of drug-likeness (QED) is 0.710. The van der Waals surface area contributed by atoms with Gasteiger partial charge in [-0.1, -0.05) is 15.9 Å². The molecule has 0 radical (unpaired) electrons. The van der Waals surface area contributed by atoms with Crippen molar-refractivity contribution in [3.63, 3.8) is 0 Å². The molecule has 56 valence electrons. The SMILES string of the molecule is Oc1c(Br)cc(Br)cc1Br.[NaH]. The molecule has 5 heteroatoms. The average Bonchev–Trinajstić information content (AvgIpc) is 1.82. The predicted molar refractivity (Wildman–Crippen MR) is 58.4 cm³/mol. The zero-order valence-corrected chi connectivity index (χ0v) is 9.49. The number of hydrogen-bond donors (Lipinski definition) is 1. The van der Waals surface area contributed by atoms with Crippen molar-refractivity contribution in [3.8, 4) is 5.75 Å². The molecule has 0 aliphatic heterocycles. The molecule has 11 heavy (non-hydrogen) atoms. The average molecular weight is 355 g/mol. The maximum atomic E-state index is 9.22. The van der Waals surface area contributed by atoms with Gasteiger partial charge in [0.15, 0.2) is 0 Å². The summed E-state index contributed by atoms with van der Waals surface area (Å²) in [6.45, 7) is 0. The molecule has 1 aromatic carbocycles. The van der Waals surface area contributed by atoms with Crippen LogP contribution in [-0.2, 0) is 0 Å². The van der Waals surface area contributed by atoms with Gasteiger partial charge in [0, 0.05) is 4.47 Å². The predicted octanol–water partition coefficient (Wildman–Crippen LogP) is 3.03. The fourth-order valence-electron chi connectivity index (χ4n) is 0.535. The van der Waals surface area contributed by atoms with Crippen LogP contribution in [-0.4, -0.2) is 34.7 Å². The molecule has 0 bridgehead atoms. The molecule has 1 rings (SSSR count). The van der Waals surface area contributed by atoms with Crippen molar-refractivity contribution in [2.45, 2.75) is 0 Å². The van der Waals surface area contributed by atoms with Crippen LogP contribution in [0.15, 0.2) is 25.6 Å². The molecule has 0 unspecified atom stereocenters. The van der Waals surface area contributed by atoms with E-state index in [-0.39, 0.29) is 35.3 Å². The van der Waals surface area contributed by atoms with Gasteiger partial charge in [-0.15, -0.1) is 0 Å². The summed E-state index contributed by atoms with van der Waals surface area (Å²) in [4.78, 5) is 0. The third-order valence-corrected chi connectivity index (χ3v) is 2.65. The Balaban J connectivity index is 0.000001000. The van der Waals surface area contributed by atoms with E-state index in [1.54, 1.807) is 12.1 Å². The Morgan fingerprint density at radius 3 is 1.73 bits per heavy atom. The van der Waals surface area contributed by atoms with Crippen LogP contribution in [0.2, 0.25) is 0 Å². The Morgan fingerprint density at radius 2 is 1.36 bits per heavy atom. The van der Waals surface area contributed by atoms with E-state index in [9.17, 15) is 5.11 Å². The maximum absolute atomic E-state index is 9.22. The molecule has 0 saturated heterocycles. The second-order valence-electron chi connectivity index (χ2n) is 1.72. The second kappa shape index (κ2) is 5.25. The minimum atomic E-state index is 0. The molecule has 0 heterocycles. The molecule has 1 aromatic rings. The standard InChI is InChI=1S/C6H3Br3O.Na.H/c7-3-1-4(8)6(10)5(9)2-3;;/h1-2,10H;;. The van der Waals surface area contributed by atoms with Crippen molar-refractivity contribution in [1.29, 1.82) is 0 Å². The van der Waals surface area contributed by atoms with E-state index in [4.69, 9.17) is 0 Å². The van der Waals surface area contributed by atoms with Crippen molar-refractivity contribution in [2.75, 3.05) is 0 Å². The Bertz CT molecular complexity index is 241. The van der Waals surface area contributed by atoms with Crippen LogP contribution < -0.4 is 0 Å². The van der Waals surface area contributed by atoms with Crippen molar-refractivity contribution in [3.05, 3.63) is 25.6 Å². The first-order valence-electron chi connectivity index (χ1n) is 2.45. The van der Waals surface area contributed by atoms with Gasteiger partial charge in [-0.25, -0.2) is 0 Å². The van der Waals surface area contributed by atoms with Gasteiger partial charge >= 0.3 is 29.6 Å². The summed E-state index contributed by atoms with van der Waals surface area (Å²) in [5, 5.41) is 9.22. The first-order valence-corrected chi connectivity index (χ1v) is 4.82. The summed E-state index contributed by atoms with van der Waals surface area (Å²) in [7, 11) is 0. The molecular formula is C6H4Br3NaO. The molecule has 0 saturated carbocycles. The van der Waals surface area contributed by atoms with Crippen LogP contribution in [0, 0.1) is 0 Å². The van der Waals surface area contributed by atoms with Gasteiger partial charge in [0.05, 0.1) is 8.95 Å². The fourth-order valence-corrected chi connectivity index (χ4v) is 2.79. The summed E-state index contributed by atoms with van der Waals surface area (Å²) in [6.07, 6.45) is 0. The van der Waals surface area contributed by atoms with E-state index in [1.807, 2.05) is 0 Å². The van der Waals surface area contributed by atoms with E-state index >= 15 is 0 Å². The molecule has 0 aromatic heterocycles. The summed E-state index contributed by atoms with van der Waals surface area (Å²) in [5.74, 6) is 0.225. The second-order valence-corrected chi connectivity index (χ2v) is 4.34. The summed E-state index contributed by atoms with van der Waals surface area (Å²) < 4.78 is 2.27. The Kier molecular flexibility index (Phi) is 5.94. The zero-order chi connectivity index (χ0) is 7.72. The van der Waals surface area contributed by atoms with E-state index in [0.717, 1.165) is 4.47 Å². The molecule has 1 nitrogen and oxygen atoms in total. The molecule has 0 fully saturated rings. The molecule has 0 spiro atoms. The molecule has 0 atom stereocenters. The third kappa shape index (κ3) is 3.36. The topological polar surface area (TPSA) is 20.2 Å². The van der Waals surface area contributed by atoms with Gasteiger partial charge in [-0.2, -0.15) is 0 Å². The van der Waals surface area contributed by atoms with Gasteiger partial charge in [-0.05, 0) is 44.0 Å². The molecular weight excluding hydrogens is 351 g/mol. The van der Waals surface area contributed by atoms with Crippen LogP contribution in [0.3, 0.4) is 0 Å². The Hall–Kier alpha value is 1.46. The number of benzene rings is 1.